The highest BCUT2D eigenvalue weighted by Gasteiger charge is 2.08. The van der Waals surface area contributed by atoms with Crippen molar-refractivity contribution in [3.8, 4) is 0 Å². The van der Waals surface area contributed by atoms with E-state index >= 15 is 0 Å². The zero-order valence-electron chi connectivity index (χ0n) is 9.21. The van der Waals surface area contributed by atoms with Gasteiger partial charge in [0.2, 0.25) is 0 Å². The highest BCUT2D eigenvalue weighted by atomic mass is 16.5. The predicted octanol–water partition coefficient (Wildman–Crippen LogP) is 2.51. The monoisotopic (exact) mass is 228 g/mol. The van der Waals surface area contributed by atoms with Crippen LogP contribution in [0.15, 0.2) is 61.4 Å². The SMILES string of the molecule is C=COC(=O)C(=O)/C=C/C=C/c1ccccc1. The summed E-state index contributed by atoms with van der Waals surface area (Å²) in [6.45, 7) is 3.19. The summed E-state index contributed by atoms with van der Waals surface area (Å²) in [5.41, 5.74) is 1.01. The fourth-order valence-electron chi connectivity index (χ4n) is 1.08. The van der Waals surface area contributed by atoms with Crippen LogP contribution in [0.25, 0.3) is 6.08 Å². The van der Waals surface area contributed by atoms with Gasteiger partial charge in [-0.25, -0.2) is 4.79 Å². The van der Waals surface area contributed by atoms with Crippen LogP contribution < -0.4 is 0 Å². The Morgan fingerprint density at radius 3 is 2.47 bits per heavy atom. The Bertz CT molecular complexity index is 456. The molecule has 0 amide bonds. The molecule has 0 heterocycles. The molecule has 3 heteroatoms. The second-order valence-corrected chi connectivity index (χ2v) is 3.07. The molecule has 0 aliphatic heterocycles. The van der Waals surface area contributed by atoms with Gasteiger partial charge in [0.25, 0.3) is 5.78 Å². The molecule has 86 valence electrons. The van der Waals surface area contributed by atoms with E-state index in [0.717, 1.165) is 17.9 Å². The molecule has 0 bridgehead atoms. The average Bonchev–Trinajstić information content (AvgIpc) is 2.36. The smallest absolute Gasteiger partial charge is 0.383 e. The summed E-state index contributed by atoms with van der Waals surface area (Å²) in [7, 11) is 0. The maximum Gasteiger partial charge on any atom is 0.383 e. The van der Waals surface area contributed by atoms with Crippen molar-refractivity contribution in [3.63, 3.8) is 0 Å². The topological polar surface area (TPSA) is 43.4 Å². The first kappa shape index (κ1) is 12.6. The number of hydrogen-bond donors (Lipinski definition) is 0. The molecule has 0 radical (unpaired) electrons. The predicted molar refractivity (Wildman–Crippen MR) is 65.9 cm³/mol. The summed E-state index contributed by atoms with van der Waals surface area (Å²) >= 11 is 0. The minimum absolute atomic E-state index is 0.720. The maximum absolute atomic E-state index is 11.1. The molecule has 0 unspecified atom stereocenters. The number of esters is 1. The van der Waals surface area contributed by atoms with Crippen LogP contribution in [-0.2, 0) is 14.3 Å². The van der Waals surface area contributed by atoms with Crippen molar-refractivity contribution in [2.45, 2.75) is 0 Å². The van der Waals surface area contributed by atoms with Crippen molar-refractivity contribution < 1.29 is 14.3 Å². The molecular weight excluding hydrogens is 216 g/mol. The zero-order chi connectivity index (χ0) is 12.5. The molecular formula is C14H12O3. The van der Waals surface area contributed by atoms with E-state index in [2.05, 4.69) is 11.3 Å². The van der Waals surface area contributed by atoms with E-state index in [1.54, 1.807) is 6.08 Å². The summed E-state index contributed by atoms with van der Waals surface area (Å²) in [5.74, 6) is -1.66. The maximum atomic E-state index is 11.1. The van der Waals surface area contributed by atoms with Crippen LogP contribution >= 0.6 is 0 Å². The van der Waals surface area contributed by atoms with Crippen LogP contribution in [0.5, 0.6) is 0 Å². The first-order chi connectivity index (χ1) is 8.24. The minimum atomic E-state index is -0.940. The van der Waals surface area contributed by atoms with Gasteiger partial charge < -0.3 is 4.74 Å². The summed E-state index contributed by atoms with van der Waals surface area (Å²) in [6.07, 6.45) is 7.05. The van der Waals surface area contributed by atoms with Crippen molar-refractivity contribution in [2.24, 2.45) is 0 Å². The molecule has 0 saturated carbocycles. The van der Waals surface area contributed by atoms with Gasteiger partial charge in [0.15, 0.2) is 0 Å². The Morgan fingerprint density at radius 2 is 1.82 bits per heavy atom. The standard InChI is InChI=1S/C14H12O3/c1-2-17-14(16)13(15)11-7-6-10-12-8-4-3-5-9-12/h2-11H,1H2/b10-6+,11-7+. The number of benzene rings is 1. The highest BCUT2D eigenvalue weighted by molar-refractivity contribution is 6.38. The minimum Gasteiger partial charge on any atom is -0.429 e. The Kier molecular flexibility index (Phi) is 5.17. The van der Waals surface area contributed by atoms with Gasteiger partial charge in [0.05, 0.1) is 6.26 Å². The van der Waals surface area contributed by atoms with E-state index in [-0.39, 0.29) is 0 Å². The summed E-state index contributed by atoms with van der Waals surface area (Å²) in [5, 5.41) is 0. The third kappa shape index (κ3) is 4.75. The van der Waals surface area contributed by atoms with E-state index < -0.39 is 11.8 Å². The van der Waals surface area contributed by atoms with Crippen LogP contribution in [-0.4, -0.2) is 11.8 Å². The number of rotatable bonds is 5. The van der Waals surface area contributed by atoms with E-state index in [0.29, 0.717) is 0 Å². The molecule has 1 rings (SSSR count). The Labute approximate surface area is 99.7 Å². The molecule has 0 aliphatic carbocycles. The Morgan fingerprint density at radius 1 is 1.12 bits per heavy atom. The van der Waals surface area contributed by atoms with Crippen molar-refractivity contribution in [1.29, 1.82) is 0 Å². The third-order valence-electron chi connectivity index (χ3n) is 1.84. The van der Waals surface area contributed by atoms with Crippen LogP contribution in [0.4, 0.5) is 0 Å². The van der Waals surface area contributed by atoms with Gasteiger partial charge in [0, 0.05) is 0 Å². The highest BCUT2D eigenvalue weighted by Crippen LogP contribution is 2.00. The quantitative estimate of drug-likeness (QED) is 0.256. The second-order valence-electron chi connectivity index (χ2n) is 3.07. The number of carbonyl (C=O) groups excluding carboxylic acids is 2. The van der Waals surface area contributed by atoms with Gasteiger partial charge in [-0.15, -0.1) is 0 Å². The largest absolute Gasteiger partial charge is 0.429 e. The first-order valence-electron chi connectivity index (χ1n) is 4.99. The Hall–Kier alpha value is -2.42. The van der Waals surface area contributed by atoms with Crippen LogP contribution in [0.2, 0.25) is 0 Å². The zero-order valence-corrected chi connectivity index (χ0v) is 9.21. The number of ketones is 1. The van der Waals surface area contributed by atoms with Crippen LogP contribution in [0.3, 0.4) is 0 Å². The first-order valence-corrected chi connectivity index (χ1v) is 4.99. The molecule has 0 aliphatic rings. The van der Waals surface area contributed by atoms with Crippen molar-refractivity contribution in [1.82, 2.24) is 0 Å². The lowest BCUT2D eigenvalue weighted by atomic mass is 10.2. The fraction of sp³-hybridized carbons (Fsp3) is 0. The normalized spacial score (nSPS) is 10.6. The molecule has 0 aromatic heterocycles. The Balaban J connectivity index is 2.50. The van der Waals surface area contributed by atoms with Crippen LogP contribution in [0.1, 0.15) is 5.56 Å². The van der Waals surface area contributed by atoms with E-state index in [1.807, 2.05) is 36.4 Å². The lowest BCUT2D eigenvalue weighted by Gasteiger charge is -1.91. The van der Waals surface area contributed by atoms with Crippen molar-refractivity contribution in [3.05, 3.63) is 67.0 Å². The number of carbonyl (C=O) groups is 2. The van der Waals surface area contributed by atoms with E-state index in [9.17, 15) is 9.59 Å². The lowest BCUT2D eigenvalue weighted by molar-refractivity contribution is -0.147. The number of allylic oxidation sites excluding steroid dienone is 2. The van der Waals surface area contributed by atoms with Crippen molar-refractivity contribution >= 4 is 17.8 Å². The van der Waals surface area contributed by atoms with Crippen molar-refractivity contribution in [2.75, 3.05) is 0 Å². The molecule has 0 spiro atoms. The number of hydrogen-bond acceptors (Lipinski definition) is 3. The molecule has 3 nitrogen and oxygen atoms in total. The summed E-state index contributed by atoms with van der Waals surface area (Å²) in [6, 6.07) is 9.60. The second kappa shape index (κ2) is 6.95. The molecule has 0 fully saturated rings. The lowest BCUT2D eigenvalue weighted by Crippen LogP contribution is -2.11. The third-order valence-corrected chi connectivity index (χ3v) is 1.84. The summed E-state index contributed by atoms with van der Waals surface area (Å²) < 4.78 is 4.32. The molecule has 0 N–H and O–H groups in total. The molecule has 0 saturated heterocycles. The van der Waals surface area contributed by atoms with Gasteiger partial charge in [-0.05, 0) is 11.6 Å². The van der Waals surface area contributed by atoms with Gasteiger partial charge in [-0.2, -0.15) is 0 Å². The van der Waals surface area contributed by atoms with Gasteiger partial charge in [0.1, 0.15) is 0 Å². The average molecular weight is 228 g/mol. The number of ether oxygens (including phenoxy) is 1. The molecule has 17 heavy (non-hydrogen) atoms. The van der Waals surface area contributed by atoms with E-state index in [4.69, 9.17) is 0 Å². The van der Waals surface area contributed by atoms with Crippen LogP contribution in [0, 0.1) is 0 Å². The van der Waals surface area contributed by atoms with Gasteiger partial charge in [-0.3, -0.25) is 4.79 Å². The molecule has 1 aromatic rings. The van der Waals surface area contributed by atoms with E-state index in [1.165, 1.54) is 6.08 Å². The van der Waals surface area contributed by atoms with Gasteiger partial charge in [-0.1, -0.05) is 55.1 Å². The molecule has 1 aromatic carbocycles. The summed E-state index contributed by atoms with van der Waals surface area (Å²) in [4.78, 5) is 22.0. The fourth-order valence-corrected chi connectivity index (χ4v) is 1.08. The molecule has 0 atom stereocenters. The van der Waals surface area contributed by atoms with Gasteiger partial charge >= 0.3 is 5.97 Å².